The van der Waals surface area contributed by atoms with Gasteiger partial charge in [-0.25, -0.2) is 0 Å². The van der Waals surface area contributed by atoms with Crippen LogP contribution in [0.25, 0.3) is 0 Å². The molecule has 4 atom stereocenters. The van der Waals surface area contributed by atoms with E-state index in [1.54, 1.807) is 27.0 Å². The predicted molar refractivity (Wildman–Crippen MR) is 141 cm³/mol. The highest BCUT2D eigenvalue weighted by molar-refractivity contribution is 6.74. The van der Waals surface area contributed by atoms with E-state index in [1.807, 2.05) is 24.3 Å². The minimum absolute atomic E-state index is 0.0358. The largest absolute Gasteiger partial charge is 0.497 e. The first-order valence-electron chi connectivity index (χ1n) is 12.0. The van der Waals surface area contributed by atoms with Gasteiger partial charge in [0.25, 0.3) is 0 Å². The monoisotopic (exact) mass is 502 g/mol. The average Bonchev–Trinajstić information content (AvgIpc) is 3.11. The first kappa shape index (κ1) is 29.2. The Balaban J connectivity index is 2.33. The fourth-order valence-electron chi connectivity index (χ4n) is 3.67. The van der Waals surface area contributed by atoms with Crippen LogP contribution in [0.1, 0.15) is 46.6 Å². The molecule has 1 aliphatic rings. The van der Waals surface area contributed by atoms with E-state index in [9.17, 15) is 4.79 Å². The summed E-state index contributed by atoms with van der Waals surface area (Å²) < 4.78 is 30.6. The van der Waals surface area contributed by atoms with Crippen LogP contribution in [-0.4, -0.2) is 51.4 Å². The molecule has 0 spiro atoms. The van der Waals surface area contributed by atoms with Crippen LogP contribution in [0, 0.1) is 0 Å². The van der Waals surface area contributed by atoms with Gasteiger partial charge in [-0.1, -0.05) is 46.1 Å². The summed E-state index contributed by atoms with van der Waals surface area (Å²) in [4.78, 5) is 12.7. The van der Waals surface area contributed by atoms with E-state index in [4.69, 9.17) is 23.4 Å². The van der Waals surface area contributed by atoms with E-state index < -0.39 is 32.4 Å². The van der Waals surface area contributed by atoms with Crippen LogP contribution >= 0.6 is 0 Å². The molecule has 1 aromatic rings. The lowest BCUT2D eigenvalue weighted by Crippen LogP contribution is -2.51. The molecule has 0 bridgehead atoms. The van der Waals surface area contributed by atoms with Gasteiger partial charge in [0.05, 0.1) is 25.9 Å². The minimum Gasteiger partial charge on any atom is -0.497 e. The summed E-state index contributed by atoms with van der Waals surface area (Å²) in [5.74, 6) is -0.353. The van der Waals surface area contributed by atoms with Gasteiger partial charge in [-0.2, -0.15) is 0 Å². The number of hydrogen-bond acceptors (Lipinski definition) is 6. The molecule has 1 fully saturated rings. The summed E-state index contributed by atoms with van der Waals surface area (Å²) in [7, 11) is -0.597. The SMILES string of the molecule is C=C=C[C@@H](C[C@H](O[Si](C)(C)C(C)(C)C)[C@@H]1OC(C)(C)O[C@@H]1C(=O)C=C)OCc1ccc(OC)cc1. The average molecular weight is 503 g/mol. The van der Waals surface area contributed by atoms with Crippen LogP contribution in [-0.2, 0) is 30.0 Å². The lowest BCUT2D eigenvalue weighted by Gasteiger charge is -2.41. The molecule has 1 heterocycles. The Morgan fingerprint density at radius 1 is 1.23 bits per heavy atom. The predicted octanol–water partition coefficient (Wildman–Crippen LogP) is 5.98. The zero-order valence-electron chi connectivity index (χ0n) is 22.6. The number of benzene rings is 1. The molecule has 1 saturated heterocycles. The maximum absolute atomic E-state index is 12.7. The van der Waals surface area contributed by atoms with Gasteiger partial charge in [0, 0.05) is 6.42 Å². The lowest BCUT2D eigenvalue weighted by atomic mass is 9.99. The molecular formula is C28H42O6Si. The quantitative estimate of drug-likeness (QED) is 0.199. The highest BCUT2D eigenvalue weighted by Crippen LogP contribution is 2.41. The lowest BCUT2D eigenvalue weighted by molar-refractivity contribution is -0.158. The summed E-state index contributed by atoms with van der Waals surface area (Å²) in [6, 6.07) is 7.73. The Labute approximate surface area is 212 Å². The van der Waals surface area contributed by atoms with Gasteiger partial charge in [-0.3, -0.25) is 4.79 Å². The zero-order valence-corrected chi connectivity index (χ0v) is 23.6. The van der Waals surface area contributed by atoms with Crippen LogP contribution < -0.4 is 4.74 Å². The van der Waals surface area contributed by atoms with E-state index in [1.165, 1.54) is 6.08 Å². The van der Waals surface area contributed by atoms with E-state index in [0.717, 1.165) is 11.3 Å². The third-order valence-corrected chi connectivity index (χ3v) is 11.1. The minimum atomic E-state index is -2.24. The molecule has 194 valence electrons. The molecule has 0 saturated carbocycles. The molecule has 1 aromatic carbocycles. The second-order valence-corrected chi connectivity index (χ2v) is 15.6. The number of hydrogen-bond donors (Lipinski definition) is 0. The van der Waals surface area contributed by atoms with Gasteiger partial charge < -0.3 is 23.4 Å². The van der Waals surface area contributed by atoms with Crippen molar-refractivity contribution in [3.8, 4) is 5.75 Å². The second-order valence-electron chi connectivity index (χ2n) is 10.8. The van der Waals surface area contributed by atoms with Crippen LogP contribution in [0.5, 0.6) is 5.75 Å². The van der Waals surface area contributed by atoms with E-state index >= 15 is 0 Å². The van der Waals surface area contributed by atoms with Crippen LogP contribution in [0.4, 0.5) is 0 Å². The van der Waals surface area contributed by atoms with Gasteiger partial charge in [0.2, 0.25) is 0 Å². The number of ether oxygens (including phenoxy) is 4. The third-order valence-electron chi connectivity index (χ3n) is 6.62. The molecule has 1 aliphatic heterocycles. The van der Waals surface area contributed by atoms with Crippen molar-refractivity contribution in [2.24, 2.45) is 0 Å². The van der Waals surface area contributed by atoms with Gasteiger partial charge in [-0.15, -0.1) is 5.73 Å². The molecule has 0 amide bonds. The summed E-state index contributed by atoms with van der Waals surface area (Å²) in [5.41, 5.74) is 3.86. The van der Waals surface area contributed by atoms with Crippen molar-refractivity contribution in [2.45, 2.75) is 96.0 Å². The number of carbonyl (C=O) groups is 1. The number of methoxy groups -OCH3 is 1. The van der Waals surface area contributed by atoms with Crippen LogP contribution in [0.15, 0.2) is 55.3 Å². The molecule has 0 unspecified atom stereocenters. The van der Waals surface area contributed by atoms with Crippen molar-refractivity contribution >= 4 is 14.1 Å². The molecule has 7 heteroatoms. The summed E-state index contributed by atoms with van der Waals surface area (Å²) in [6.07, 6.45) is 1.33. The van der Waals surface area contributed by atoms with E-state index in [0.29, 0.717) is 13.0 Å². The van der Waals surface area contributed by atoms with Crippen LogP contribution in [0.2, 0.25) is 18.1 Å². The molecular weight excluding hydrogens is 460 g/mol. The van der Waals surface area contributed by atoms with Gasteiger partial charge in [0.15, 0.2) is 26.0 Å². The van der Waals surface area contributed by atoms with Crippen molar-refractivity contribution in [3.05, 3.63) is 60.9 Å². The first-order chi connectivity index (χ1) is 16.2. The number of ketones is 1. The summed E-state index contributed by atoms with van der Waals surface area (Å²) in [6.45, 7) is 22.3. The van der Waals surface area contributed by atoms with Gasteiger partial charge >= 0.3 is 0 Å². The highest BCUT2D eigenvalue weighted by atomic mass is 28.4. The molecule has 35 heavy (non-hydrogen) atoms. The van der Waals surface area contributed by atoms with Crippen LogP contribution in [0.3, 0.4) is 0 Å². The fourth-order valence-corrected chi connectivity index (χ4v) is 5.01. The Bertz CT molecular complexity index is 908. The summed E-state index contributed by atoms with van der Waals surface area (Å²) >= 11 is 0. The second kappa shape index (κ2) is 11.8. The van der Waals surface area contributed by atoms with Gasteiger partial charge in [-0.05, 0) is 61.8 Å². The zero-order chi connectivity index (χ0) is 26.4. The summed E-state index contributed by atoms with van der Waals surface area (Å²) in [5, 5.41) is -0.0358. The molecule has 6 nitrogen and oxygen atoms in total. The smallest absolute Gasteiger partial charge is 0.192 e. The Morgan fingerprint density at radius 3 is 2.37 bits per heavy atom. The molecule has 0 aromatic heterocycles. The standard InChI is InChI=1S/C28H42O6Si/c1-11-13-22(31-19-20-14-16-21(30-8)17-15-20)18-24(34-35(9,10)27(3,4)5)26-25(23(29)12-2)32-28(6,7)33-26/h12-17,22,24-26H,1-2,18-19H2,3-10H3/t22-,24-,25+,26-/m0/s1. The van der Waals surface area contributed by atoms with Gasteiger partial charge in [0.1, 0.15) is 11.9 Å². The molecule has 0 N–H and O–H groups in total. The van der Waals surface area contributed by atoms with Crippen molar-refractivity contribution in [2.75, 3.05) is 7.11 Å². The third kappa shape index (κ3) is 8.00. The Kier molecular flexibility index (Phi) is 9.88. The molecule has 0 aliphatic carbocycles. The Hall–Kier alpha value is -1.99. The van der Waals surface area contributed by atoms with Crippen molar-refractivity contribution in [3.63, 3.8) is 0 Å². The Morgan fingerprint density at radius 2 is 1.86 bits per heavy atom. The number of carbonyl (C=O) groups excluding carboxylic acids is 1. The van der Waals surface area contributed by atoms with Crippen molar-refractivity contribution in [1.29, 1.82) is 0 Å². The normalized spacial score (nSPS) is 21.6. The van der Waals surface area contributed by atoms with E-state index in [-0.39, 0.29) is 16.9 Å². The molecule has 0 radical (unpaired) electrons. The first-order valence-corrected chi connectivity index (χ1v) is 14.9. The highest BCUT2D eigenvalue weighted by Gasteiger charge is 2.51. The van der Waals surface area contributed by atoms with E-state index in [2.05, 4.69) is 52.8 Å². The fraction of sp³-hybridized carbons (Fsp3) is 0.571. The maximum atomic E-state index is 12.7. The molecule has 2 rings (SSSR count). The van der Waals surface area contributed by atoms with Crippen molar-refractivity contribution < 1.29 is 28.2 Å². The van der Waals surface area contributed by atoms with Crippen molar-refractivity contribution in [1.82, 2.24) is 0 Å². The number of rotatable bonds is 12. The topological polar surface area (TPSA) is 63.2 Å². The maximum Gasteiger partial charge on any atom is 0.192 e.